The van der Waals surface area contributed by atoms with Gasteiger partial charge in [-0.1, -0.05) is 38.1 Å². The van der Waals surface area contributed by atoms with Gasteiger partial charge in [-0.25, -0.2) is 4.40 Å². The van der Waals surface area contributed by atoms with Gasteiger partial charge in [-0.3, -0.25) is 0 Å². The summed E-state index contributed by atoms with van der Waals surface area (Å²) in [6, 6.07) is 8.23. The van der Waals surface area contributed by atoms with Gasteiger partial charge in [0.15, 0.2) is 0 Å². The fourth-order valence-corrected chi connectivity index (χ4v) is 1.85. The lowest BCUT2D eigenvalue weighted by molar-refractivity contribution is 0.762. The number of allylic oxidation sites excluding steroid dienone is 1. The Bertz CT molecular complexity index is 357. The van der Waals surface area contributed by atoms with Gasteiger partial charge in [0.2, 0.25) is 0 Å². The maximum absolute atomic E-state index is 4.12. The summed E-state index contributed by atoms with van der Waals surface area (Å²) in [5, 5.41) is 3.11. The van der Waals surface area contributed by atoms with Crippen molar-refractivity contribution < 1.29 is 0 Å². The average molecular weight is 234 g/mol. The minimum absolute atomic E-state index is 1.09. The fraction of sp³-hybridized carbons (Fsp3) is 0.308. The van der Waals surface area contributed by atoms with E-state index in [2.05, 4.69) is 41.8 Å². The van der Waals surface area contributed by atoms with Gasteiger partial charge in [0.1, 0.15) is 0 Å². The van der Waals surface area contributed by atoms with Crippen molar-refractivity contribution in [1.29, 1.82) is 0 Å². The van der Waals surface area contributed by atoms with Gasteiger partial charge in [0.25, 0.3) is 0 Å². The monoisotopic (exact) mass is 234 g/mol. The van der Waals surface area contributed by atoms with Crippen molar-refractivity contribution in [1.82, 2.24) is 5.32 Å². The molecule has 2 rings (SSSR count). The molecule has 86 valence electrons. The molecule has 1 aliphatic heterocycles. The molecule has 0 fully saturated rings. The Morgan fingerprint density at radius 1 is 1.19 bits per heavy atom. The molecule has 0 aliphatic carbocycles. The highest BCUT2D eigenvalue weighted by Crippen LogP contribution is 2.25. The number of nitrogens with zero attached hydrogens (tertiary/aromatic N) is 1. The predicted octanol–water partition coefficient (Wildman–Crippen LogP) is 3.41. The van der Waals surface area contributed by atoms with Crippen LogP contribution >= 0.6 is 11.9 Å². The fourth-order valence-electron chi connectivity index (χ4n) is 1.22. The smallest absolute Gasteiger partial charge is 0.0377 e. The van der Waals surface area contributed by atoms with Crippen LogP contribution in [0.1, 0.15) is 19.4 Å². The summed E-state index contributed by atoms with van der Waals surface area (Å²) < 4.78 is 4.12. The minimum Gasteiger partial charge on any atom is -0.317 e. The summed E-state index contributed by atoms with van der Waals surface area (Å²) in [6.07, 6.45) is 5.84. The molecule has 0 bridgehead atoms. The maximum atomic E-state index is 4.12. The van der Waals surface area contributed by atoms with Gasteiger partial charge in [-0.15, -0.1) is 0 Å². The van der Waals surface area contributed by atoms with Crippen LogP contribution in [-0.4, -0.2) is 19.3 Å². The third-order valence-electron chi connectivity index (χ3n) is 1.99. The molecule has 0 saturated heterocycles. The van der Waals surface area contributed by atoms with E-state index < -0.39 is 0 Å². The quantitative estimate of drug-likeness (QED) is 0.793. The first-order valence-corrected chi connectivity index (χ1v) is 6.32. The molecule has 1 heterocycles. The van der Waals surface area contributed by atoms with Crippen molar-refractivity contribution in [3.63, 3.8) is 0 Å². The lowest BCUT2D eigenvalue weighted by Gasteiger charge is -1.97. The van der Waals surface area contributed by atoms with Crippen molar-refractivity contribution in [2.75, 3.05) is 13.1 Å². The molecule has 0 saturated carbocycles. The van der Waals surface area contributed by atoms with Crippen molar-refractivity contribution in [3.8, 4) is 0 Å². The molecule has 0 aromatic heterocycles. The molecule has 16 heavy (non-hydrogen) atoms. The summed E-state index contributed by atoms with van der Waals surface area (Å²) in [6.45, 7) is 6.39. The summed E-state index contributed by atoms with van der Waals surface area (Å²) >= 11 is 1.52. The maximum Gasteiger partial charge on any atom is 0.0377 e. The van der Waals surface area contributed by atoms with E-state index in [-0.39, 0.29) is 0 Å². The minimum atomic E-state index is 1.09. The van der Waals surface area contributed by atoms with Crippen LogP contribution in [0, 0.1) is 0 Å². The Hall–Kier alpha value is -1.06. The summed E-state index contributed by atoms with van der Waals surface area (Å²) in [5.74, 6) is 0. The molecular weight excluding hydrogens is 216 g/mol. The lowest BCUT2D eigenvalue weighted by Crippen LogP contribution is -2.09. The zero-order valence-corrected chi connectivity index (χ0v) is 10.6. The van der Waals surface area contributed by atoms with E-state index in [0.717, 1.165) is 13.1 Å². The second kappa shape index (κ2) is 8.13. The number of nitrogens with one attached hydrogen (secondary N) is 1. The molecular formula is C13H18N2S. The highest BCUT2D eigenvalue weighted by atomic mass is 32.2. The van der Waals surface area contributed by atoms with Gasteiger partial charge < -0.3 is 5.32 Å². The molecule has 0 unspecified atom stereocenters. The average Bonchev–Trinajstić information content (AvgIpc) is 2.56. The Kier molecular flexibility index (Phi) is 6.61. The van der Waals surface area contributed by atoms with Crippen LogP contribution in [-0.2, 0) is 0 Å². The van der Waals surface area contributed by atoms with Gasteiger partial charge >= 0.3 is 0 Å². The van der Waals surface area contributed by atoms with E-state index >= 15 is 0 Å². The normalized spacial score (nSPS) is 12.4. The molecule has 1 N–H and O–H groups in total. The van der Waals surface area contributed by atoms with Crippen LogP contribution in [0.25, 0.3) is 6.08 Å². The molecule has 0 amide bonds. The number of rotatable bonds is 2. The first kappa shape index (κ1) is 13.0. The topological polar surface area (TPSA) is 24.4 Å². The summed E-state index contributed by atoms with van der Waals surface area (Å²) in [5.41, 5.74) is 1.25. The predicted molar refractivity (Wildman–Crippen MR) is 74.0 cm³/mol. The zero-order chi connectivity index (χ0) is 11.6. The largest absolute Gasteiger partial charge is 0.317 e. The van der Waals surface area contributed by atoms with Crippen molar-refractivity contribution in [2.24, 2.45) is 4.40 Å². The standard InChI is InChI=1S/C9H7NS.C4H11N/c1-2-6-9-8(4-1)5-3-7-10-11-9;1-3-5-4-2/h1-7H;5H,3-4H2,1-2H3. The summed E-state index contributed by atoms with van der Waals surface area (Å²) in [7, 11) is 0. The van der Waals surface area contributed by atoms with E-state index in [0.29, 0.717) is 0 Å². The van der Waals surface area contributed by atoms with Gasteiger partial charge in [0.05, 0.1) is 0 Å². The first-order valence-electron chi connectivity index (χ1n) is 5.55. The van der Waals surface area contributed by atoms with Crippen LogP contribution in [0.15, 0.2) is 39.6 Å². The second-order valence-corrected chi connectivity index (χ2v) is 4.03. The molecule has 0 radical (unpaired) electrons. The Balaban J connectivity index is 0.000000221. The summed E-state index contributed by atoms with van der Waals surface area (Å²) in [4.78, 5) is 1.22. The third kappa shape index (κ3) is 4.64. The number of hydrogen-bond donors (Lipinski definition) is 1. The molecule has 1 aromatic carbocycles. The number of benzene rings is 1. The van der Waals surface area contributed by atoms with Gasteiger partial charge in [-0.05, 0) is 30.8 Å². The number of fused-ring (bicyclic) bond motifs is 1. The zero-order valence-electron chi connectivity index (χ0n) is 9.81. The van der Waals surface area contributed by atoms with E-state index in [1.54, 1.807) is 0 Å². The van der Waals surface area contributed by atoms with Crippen LogP contribution in [0.2, 0.25) is 0 Å². The van der Waals surface area contributed by atoms with Crippen LogP contribution < -0.4 is 5.32 Å². The van der Waals surface area contributed by atoms with E-state index in [9.17, 15) is 0 Å². The van der Waals surface area contributed by atoms with Crippen molar-refractivity contribution in [2.45, 2.75) is 18.7 Å². The molecule has 1 aromatic rings. The molecule has 1 aliphatic rings. The molecule has 0 atom stereocenters. The Morgan fingerprint density at radius 3 is 2.62 bits per heavy atom. The third-order valence-corrected chi connectivity index (χ3v) is 2.79. The van der Waals surface area contributed by atoms with Gasteiger partial charge in [-0.2, -0.15) is 0 Å². The number of hydrogen-bond acceptors (Lipinski definition) is 3. The molecule has 0 spiro atoms. The highest BCUT2D eigenvalue weighted by Gasteiger charge is 1.98. The van der Waals surface area contributed by atoms with Crippen molar-refractivity contribution in [3.05, 3.63) is 35.9 Å². The Morgan fingerprint density at radius 2 is 1.94 bits per heavy atom. The van der Waals surface area contributed by atoms with E-state index in [4.69, 9.17) is 0 Å². The lowest BCUT2D eigenvalue weighted by atomic mass is 10.2. The second-order valence-electron chi connectivity index (χ2n) is 3.20. The highest BCUT2D eigenvalue weighted by molar-refractivity contribution is 7.98. The molecule has 3 heteroatoms. The SMILES string of the molecule is C1=Cc2ccccc2SN=C1.CCNCC. The van der Waals surface area contributed by atoms with E-state index in [1.165, 1.54) is 22.4 Å². The van der Waals surface area contributed by atoms with Crippen LogP contribution in [0.5, 0.6) is 0 Å². The first-order chi connectivity index (χ1) is 7.88. The van der Waals surface area contributed by atoms with Crippen LogP contribution in [0.3, 0.4) is 0 Å². The van der Waals surface area contributed by atoms with Crippen molar-refractivity contribution >= 4 is 24.2 Å². The molecule has 2 nitrogen and oxygen atoms in total. The Labute approximate surface area is 102 Å². The van der Waals surface area contributed by atoms with Gasteiger partial charge in [0, 0.05) is 23.1 Å². The van der Waals surface area contributed by atoms with E-state index in [1.807, 2.05) is 24.4 Å². The van der Waals surface area contributed by atoms with Crippen LogP contribution in [0.4, 0.5) is 0 Å².